The summed E-state index contributed by atoms with van der Waals surface area (Å²) in [4.78, 5) is 11.6. The molecule has 0 bridgehead atoms. The number of aromatic nitrogens is 4. The third-order valence-electron chi connectivity index (χ3n) is 4.33. The lowest BCUT2D eigenvalue weighted by Crippen LogP contribution is -2.34. The SMILES string of the molecule is CC(C)(C)n1ncc2c1CCN(c1cnc3ccccc3n1)C2. The van der Waals surface area contributed by atoms with Gasteiger partial charge in [0.2, 0.25) is 0 Å². The normalized spacial score (nSPS) is 15.0. The Balaban J connectivity index is 1.66. The average Bonchev–Trinajstić information content (AvgIpc) is 2.97. The lowest BCUT2D eigenvalue weighted by atomic mass is 10.0. The number of nitrogens with zero attached hydrogens (tertiary/aromatic N) is 5. The predicted octanol–water partition coefficient (Wildman–Crippen LogP) is 3.14. The summed E-state index contributed by atoms with van der Waals surface area (Å²) < 4.78 is 2.16. The number of hydrogen-bond acceptors (Lipinski definition) is 4. The second-order valence-electron chi connectivity index (χ2n) is 7.09. The van der Waals surface area contributed by atoms with Crippen LogP contribution >= 0.6 is 0 Å². The van der Waals surface area contributed by atoms with Crippen molar-refractivity contribution in [2.45, 2.75) is 39.3 Å². The van der Waals surface area contributed by atoms with Gasteiger partial charge in [0.1, 0.15) is 5.82 Å². The zero-order chi connectivity index (χ0) is 16.0. The van der Waals surface area contributed by atoms with Crippen molar-refractivity contribution in [3.05, 3.63) is 47.9 Å². The second-order valence-corrected chi connectivity index (χ2v) is 7.09. The molecule has 23 heavy (non-hydrogen) atoms. The molecule has 1 aliphatic heterocycles. The molecule has 3 aromatic rings. The first-order chi connectivity index (χ1) is 11.0. The van der Waals surface area contributed by atoms with Crippen LogP contribution in [0.4, 0.5) is 5.82 Å². The monoisotopic (exact) mass is 307 g/mol. The number of fused-ring (bicyclic) bond motifs is 2. The largest absolute Gasteiger partial charge is 0.350 e. The minimum Gasteiger partial charge on any atom is -0.350 e. The number of hydrogen-bond donors (Lipinski definition) is 0. The van der Waals surface area contributed by atoms with Crippen LogP contribution < -0.4 is 4.90 Å². The maximum absolute atomic E-state index is 4.76. The van der Waals surface area contributed by atoms with Crippen molar-refractivity contribution in [1.82, 2.24) is 19.7 Å². The first-order valence-corrected chi connectivity index (χ1v) is 8.05. The first kappa shape index (κ1) is 14.2. The van der Waals surface area contributed by atoms with Crippen LogP contribution in [-0.2, 0) is 18.5 Å². The molecular formula is C18H21N5. The molecule has 0 amide bonds. The molecule has 0 saturated heterocycles. The van der Waals surface area contributed by atoms with E-state index in [1.807, 2.05) is 36.7 Å². The molecule has 2 aromatic heterocycles. The fourth-order valence-corrected chi connectivity index (χ4v) is 3.21. The highest BCUT2D eigenvalue weighted by Crippen LogP contribution is 2.27. The van der Waals surface area contributed by atoms with Crippen molar-refractivity contribution >= 4 is 16.9 Å². The minimum absolute atomic E-state index is 0.0263. The van der Waals surface area contributed by atoms with Gasteiger partial charge < -0.3 is 4.90 Å². The van der Waals surface area contributed by atoms with Gasteiger partial charge in [0.25, 0.3) is 0 Å². The Labute approximate surface area is 136 Å². The summed E-state index contributed by atoms with van der Waals surface area (Å²) in [5, 5.41) is 4.60. The Morgan fingerprint density at radius 3 is 2.61 bits per heavy atom. The zero-order valence-electron chi connectivity index (χ0n) is 13.8. The summed E-state index contributed by atoms with van der Waals surface area (Å²) in [6.07, 6.45) is 4.86. The van der Waals surface area contributed by atoms with Gasteiger partial charge in [-0.15, -0.1) is 0 Å². The van der Waals surface area contributed by atoms with Crippen LogP contribution in [0.1, 0.15) is 32.0 Å². The summed E-state index contributed by atoms with van der Waals surface area (Å²) >= 11 is 0. The molecule has 0 unspecified atom stereocenters. The minimum atomic E-state index is 0.0263. The molecule has 0 spiro atoms. The van der Waals surface area contributed by atoms with Crippen LogP contribution in [0.15, 0.2) is 36.7 Å². The van der Waals surface area contributed by atoms with Crippen molar-refractivity contribution in [3.63, 3.8) is 0 Å². The van der Waals surface area contributed by atoms with Gasteiger partial charge in [0.05, 0.1) is 29.0 Å². The second kappa shape index (κ2) is 5.05. The van der Waals surface area contributed by atoms with Gasteiger partial charge in [-0.25, -0.2) is 4.98 Å². The molecule has 5 nitrogen and oxygen atoms in total. The molecule has 0 atom stereocenters. The van der Waals surface area contributed by atoms with E-state index in [4.69, 9.17) is 4.98 Å². The fourth-order valence-electron chi connectivity index (χ4n) is 3.21. The highest BCUT2D eigenvalue weighted by Gasteiger charge is 2.26. The van der Waals surface area contributed by atoms with Crippen molar-refractivity contribution in [3.8, 4) is 0 Å². The van der Waals surface area contributed by atoms with E-state index in [0.717, 1.165) is 36.4 Å². The Hall–Kier alpha value is -2.43. The van der Waals surface area contributed by atoms with Gasteiger partial charge in [-0.2, -0.15) is 5.10 Å². The highest BCUT2D eigenvalue weighted by molar-refractivity contribution is 5.75. The smallest absolute Gasteiger partial charge is 0.148 e. The molecule has 4 rings (SSSR count). The van der Waals surface area contributed by atoms with Gasteiger partial charge >= 0.3 is 0 Å². The van der Waals surface area contributed by atoms with E-state index in [1.54, 1.807) is 0 Å². The lowest BCUT2D eigenvalue weighted by Gasteiger charge is -2.30. The van der Waals surface area contributed by atoms with Crippen molar-refractivity contribution in [2.24, 2.45) is 0 Å². The summed E-state index contributed by atoms with van der Waals surface area (Å²) in [6.45, 7) is 8.38. The van der Waals surface area contributed by atoms with Crippen LogP contribution in [0.3, 0.4) is 0 Å². The van der Waals surface area contributed by atoms with E-state index in [2.05, 4.69) is 40.4 Å². The van der Waals surface area contributed by atoms with Gasteiger partial charge in [0, 0.05) is 30.8 Å². The van der Waals surface area contributed by atoms with E-state index in [-0.39, 0.29) is 5.54 Å². The molecule has 3 heterocycles. The van der Waals surface area contributed by atoms with E-state index in [0.29, 0.717) is 0 Å². The summed E-state index contributed by atoms with van der Waals surface area (Å²) in [5.74, 6) is 0.942. The van der Waals surface area contributed by atoms with E-state index in [9.17, 15) is 0 Å². The number of para-hydroxylation sites is 2. The Morgan fingerprint density at radius 2 is 1.83 bits per heavy atom. The topological polar surface area (TPSA) is 46.8 Å². The molecule has 0 saturated carbocycles. The summed E-state index contributed by atoms with van der Waals surface area (Å²) in [6, 6.07) is 8.00. The van der Waals surface area contributed by atoms with E-state index >= 15 is 0 Å². The van der Waals surface area contributed by atoms with E-state index < -0.39 is 0 Å². The lowest BCUT2D eigenvalue weighted by molar-refractivity contribution is 0.341. The molecule has 0 radical (unpaired) electrons. The van der Waals surface area contributed by atoms with Crippen LogP contribution in [0.5, 0.6) is 0 Å². The molecule has 5 heteroatoms. The summed E-state index contributed by atoms with van der Waals surface area (Å²) in [5.41, 5.74) is 4.55. The average molecular weight is 307 g/mol. The van der Waals surface area contributed by atoms with Gasteiger partial charge in [0.15, 0.2) is 0 Å². The third-order valence-corrected chi connectivity index (χ3v) is 4.33. The molecule has 1 aliphatic rings. The van der Waals surface area contributed by atoms with Gasteiger partial charge in [-0.3, -0.25) is 9.67 Å². The first-order valence-electron chi connectivity index (χ1n) is 8.05. The van der Waals surface area contributed by atoms with Crippen LogP contribution in [0.25, 0.3) is 11.0 Å². The zero-order valence-corrected chi connectivity index (χ0v) is 13.8. The number of anilines is 1. The molecule has 0 fully saturated rings. The molecule has 0 aliphatic carbocycles. The van der Waals surface area contributed by atoms with Crippen LogP contribution in [-0.4, -0.2) is 26.3 Å². The number of benzene rings is 1. The fraction of sp³-hybridized carbons (Fsp3) is 0.389. The Morgan fingerprint density at radius 1 is 1.04 bits per heavy atom. The molecular weight excluding hydrogens is 286 g/mol. The number of rotatable bonds is 1. The van der Waals surface area contributed by atoms with Gasteiger partial charge in [-0.05, 0) is 32.9 Å². The summed E-state index contributed by atoms with van der Waals surface area (Å²) in [7, 11) is 0. The van der Waals surface area contributed by atoms with Crippen LogP contribution in [0.2, 0.25) is 0 Å². The maximum Gasteiger partial charge on any atom is 0.148 e. The van der Waals surface area contributed by atoms with Crippen LogP contribution in [0, 0.1) is 0 Å². The molecule has 1 aromatic carbocycles. The van der Waals surface area contributed by atoms with E-state index in [1.165, 1.54) is 11.3 Å². The standard InChI is InChI=1S/C18H21N5/c1-18(2,3)23-16-8-9-22(12-13(16)10-20-23)17-11-19-14-6-4-5-7-15(14)21-17/h4-7,10-11H,8-9,12H2,1-3H3. The third kappa shape index (κ3) is 2.46. The predicted molar refractivity (Wildman–Crippen MR) is 91.5 cm³/mol. The van der Waals surface area contributed by atoms with Gasteiger partial charge in [-0.1, -0.05) is 12.1 Å². The highest BCUT2D eigenvalue weighted by atomic mass is 15.3. The Bertz CT molecular complexity index is 859. The van der Waals surface area contributed by atoms with Crippen molar-refractivity contribution in [1.29, 1.82) is 0 Å². The molecule has 118 valence electrons. The molecule has 0 N–H and O–H groups in total. The maximum atomic E-state index is 4.76. The quantitative estimate of drug-likeness (QED) is 0.693. The Kier molecular flexibility index (Phi) is 3.11. The van der Waals surface area contributed by atoms with Crippen molar-refractivity contribution in [2.75, 3.05) is 11.4 Å². The van der Waals surface area contributed by atoms with Crippen molar-refractivity contribution < 1.29 is 0 Å².